The van der Waals surface area contributed by atoms with Gasteiger partial charge in [0.05, 0.1) is 11.8 Å². The number of H-pyrrole nitrogens is 1. The average Bonchev–Trinajstić information content (AvgIpc) is 3.01. The van der Waals surface area contributed by atoms with Crippen molar-refractivity contribution in [2.45, 2.75) is 38.3 Å². The fourth-order valence-electron chi connectivity index (χ4n) is 2.68. The molecule has 2 aromatic heterocycles. The summed E-state index contributed by atoms with van der Waals surface area (Å²) in [6, 6.07) is 3.93. The summed E-state index contributed by atoms with van der Waals surface area (Å²) in [6.45, 7) is 3.58. The number of aromatic amines is 1. The minimum Gasteiger partial charge on any atom is -0.460 e. The van der Waals surface area contributed by atoms with Crippen molar-refractivity contribution in [3.8, 4) is 11.5 Å². The zero-order valence-electron chi connectivity index (χ0n) is 12.0. The minimum absolute atomic E-state index is 0.0468. The number of hydrogen-bond acceptors (Lipinski definition) is 4. The van der Waals surface area contributed by atoms with Gasteiger partial charge in [0.2, 0.25) is 0 Å². The zero-order chi connectivity index (χ0) is 14.0. The van der Waals surface area contributed by atoms with Crippen LogP contribution in [-0.2, 0) is 11.3 Å². The Morgan fingerprint density at radius 1 is 1.45 bits per heavy atom. The summed E-state index contributed by atoms with van der Waals surface area (Å²) in [5.41, 5.74) is 2.11. The van der Waals surface area contributed by atoms with Gasteiger partial charge in [-0.05, 0) is 38.3 Å². The molecular formula is C15H21N3O2. The molecule has 3 rings (SSSR count). The van der Waals surface area contributed by atoms with E-state index in [2.05, 4.69) is 15.5 Å². The number of ether oxygens (including phenoxy) is 1. The van der Waals surface area contributed by atoms with Gasteiger partial charge in [0, 0.05) is 25.8 Å². The first-order chi connectivity index (χ1) is 9.72. The van der Waals surface area contributed by atoms with E-state index in [4.69, 9.17) is 9.15 Å². The van der Waals surface area contributed by atoms with Crippen LogP contribution in [0.3, 0.4) is 0 Å². The van der Waals surface area contributed by atoms with Crippen LogP contribution in [0.5, 0.6) is 0 Å². The average molecular weight is 275 g/mol. The van der Waals surface area contributed by atoms with Crippen molar-refractivity contribution in [1.82, 2.24) is 15.5 Å². The van der Waals surface area contributed by atoms with E-state index in [1.165, 1.54) is 6.42 Å². The van der Waals surface area contributed by atoms with E-state index in [9.17, 15) is 0 Å². The molecule has 0 amide bonds. The number of methoxy groups -OCH3 is 1. The van der Waals surface area contributed by atoms with Crippen LogP contribution in [0.15, 0.2) is 22.7 Å². The lowest BCUT2D eigenvalue weighted by Crippen LogP contribution is -2.47. The number of nitrogens with zero attached hydrogens (tertiary/aromatic N) is 1. The number of nitrogens with one attached hydrogen (secondary N) is 2. The Bertz CT molecular complexity index is 564. The normalized spacial score (nSPS) is 17.1. The Balaban J connectivity index is 1.62. The van der Waals surface area contributed by atoms with E-state index < -0.39 is 0 Å². The molecule has 1 aliphatic rings. The number of rotatable bonds is 6. The second kappa shape index (κ2) is 5.42. The van der Waals surface area contributed by atoms with Gasteiger partial charge in [0.1, 0.15) is 11.5 Å². The van der Waals surface area contributed by atoms with Crippen LogP contribution in [0.4, 0.5) is 0 Å². The number of furan rings is 1. The maximum atomic E-state index is 5.65. The largest absolute Gasteiger partial charge is 0.460 e. The highest BCUT2D eigenvalue weighted by atomic mass is 16.5. The van der Waals surface area contributed by atoms with Crippen LogP contribution < -0.4 is 5.32 Å². The molecule has 1 fully saturated rings. The van der Waals surface area contributed by atoms with Crippen LogP contribution in [0, 0.1) is 6.92 Å². The third-order valence-electron chi connectivity index (χ3n) is 4.17. The number of aryl methyl sites for hydroxylation is 1. The van der Waals surface area contributed by atoms with Crippen molar-refractivity contribution in [3.63, 3.8) is 0 Å². The molecule has 0 bridgehead atoms. The topological polar surface area (TPSA) is 63.1 Å². The Morgan fingerprint density at radius 3 is 2.90 bits per heavy atom. The first kappa shape index (κ1) is 13.4. The Morgan fingerprint density at radius 2 is 2.30 bits per heavy atom. The van der Waals surface area contributed by atoms with Crippen LogP contribution in [-0.4, -0.2) is 29.5 Å². The van der Waals surface area contributed by atoms with Gasteiger partial charge in [-0.2, -0.15) is 5.10 Å². The van der Waals surface area contributed by atoms with Gasteiger partial charge in [-0.1, -0.05) is 0 Å². The molecule has 0 saturated heterocycles. The summed E-state index contributed by atoms with van der Waals surface area (Å²) in [5.74, 6) is 1.74. The highest BCUT2D eigenvalue weighted by molar-refractivity contribution is 5.56. The highest BCUT2D eigenvalue weighted by Crippen LogP contribution is 2.34. The van der Waals surface area contributed by atoms with Gasteiger partial charge < -0.3 is 14.5 Å². The lowest BCUT2D eigenvalue weighted by Gasteiger charge is -2.40. The first-order valence-corrected chi connectivity index (χ1v) is 7.07. The van der Waals surface area contributed by atoms with Crippen LogP contribution in [0.2, 0.25) is 0 Å². The van der Waals surface area contributed by atoms with Crippen molar-refractivity contribution >= 4 is 0 Å². The molecule has 5 heteroatoms. The maximum Gasteiger partial charge on any atom is 0.152 e. The van der Waals surface area contributed by atoms with Gasteiger partial charge in [-0.3, -0.25) is 5.10 Å². The lowest BCUT2D eigenvalue weighted by molar-refractivity contribution is -0.0695. The highest BCUT2D eigenvalue weighted by Gasteiger charge is 2.36. The van der Waals surface area contributed by atoms with Crippen molar-refractivity contribution in [2.24, 2.45) is 0 Å². The third-order valence-corrected chi connectivity index (χ3v) is 4.17. The minimum atomic E-state index is 0.0468. The van der Waals surface area contributed by atoms with Gasteiger partial charge in [-0.15, -0.1) is 0 Å². The summed E-state index contributed by atoms with van der Waals surface area (Å²) in [5, 5.41) is 10.6. The van der Waals surface area contributed by atoms with Crippen LogP contribution >= 0.6 is 0 Å². The van der Waals surface area contributed by atoms with E-state index in [1.54, 1.807) is 7.11 Å². The third kappa shape index (κ3) is 2.51. The molecule has 1 saturated carbocycles. The Labute approximate surface area is 118 Å². The number of hydrogen-bond donors (Lipinski definition) is 2. The second-order valence-corrected chi connectivity index (χ2v) is 5.52. The molecule has 2 aromatic rings. The standard InChI is InChI=1S/C15H21N3O2/c1-11-4-5-13(20-11)14-12(9-17-18-14)8-16-10-15(19-2)6-3-7-15/h4-5,9,16H,3,6-8,10H2,1-2H3,(H,17,18). The van der Waals surface area contributed by atoms with Gasteiger partial charge in [-0.25, -0.2) is 0 Å². The molecule has 2 heterocycles. The zero-order valence-corrected chi connectivity index (χ0v) is 12.0. The molecular weight excluding hydrogens is 254 g/mol. The summed E-state index contributed by atoms with van der Waals surface area (Å²) in [7, 11) is 1.80. The van der Waals surface area contributed by atoms with Gasteiger partial charge in [0.25, 0.3) is 0 Å². The SMILES string of the molecule is COC1(CNCc2cn[nH]c2-c2ccc(C)o2)CCC1. The Kier molecular flexibility index (Phi) is 3.63. The smallest absolute Gasteiger partial charge is 0.152 e. The summed E-state index contributed by atoms with van der Waals surface area (Å²) >= 11 is 0. The summed E-state index contributed by atoms with van der Waals surface area (Å²) in [4.78, 5) is 0. The quantitative estimate of drug-likeness (QED) is 0.850. The molecule has 0 unspecified atom stereocenters. The van der Waals surface area contributed by atoms with Crippen molar-refractivity contribution in [1.29, 1.82) is 0 Å². The monoisotopic (exact) mass is 275 g/mol. The second-order valence-electron chi connectivity index (χ2n) is 5.52. The van der Waals surface area contributed by atoms with E-state index in [1.807, 2.05) is 25.3 Å². The molecule has 0 aromatic carbocycles. The number of aromatic nitrogens is 2. The molecule has 2 N–H and O–H groups in total. The van der Waals surface area contributed by atoms with Crippen molar-refractivity contribution in [2.75, 3.05) is 13.7 Å². The first-order valence-electron chi connectivity index (χ1n) is 7.07. The molecule has 20 heavy (non-hydrogen) atoms. The molecule has 0 aliphatic heterocycles. The van der Waals surface area contributed by atoms with E-state index in [-0.39, 0.29) is 5.60 Å². The van der Waals surface area contributed by atoms with Gasteiger partial charge in [0.15, 0.2) is 5.76 Å². The summed E-state index contributed by atoms with van der Waals surface area (Å²) < 4.78 is 11.3. The lowest BCUT2D eigenvalue weighted by atomic mass is 9.80. The molecule has 5 nitrogen and oxygen atoms in total. The van der Waals surface area contributed by atoms with E-state index in [0.29, 0.717) is 0 Å². The maximum absolute atomic E-state index is 5.65. The predicted molar refractivity (Wildman–Crippen MR) is 76.3 cm³/mol. The van der Waals surface area contributed by atoms with Crippen molar-refractivity contribution in [3.05, 3.63) is 29.7 Å². The fraction of sp³-hybridized carbons (Fsp3) is 0.533. The van der Waals surface area contributed by atoms with E-state index in [0.717, 1.165) is 48.7 Å². The van der Waals surface area contributed by atoms with Crippen LogP contribution in [0.25, 0.3) is 11.5 Å². The summed E-state index contributed by atoms with van der Waals surface area (Å²) in [6.07, 6.45) is 5.40. The molecule has 0 atom stereocenters. The predicted octanol–water partition coefficient (Wildman–Crippen LogP) is 2.64. The molecule has 1 aliphatic carbocycles. The molecule has 0 radical (unpaired) electrons. The molecule has 108 valence electrons. The van der Waals surface area contributed by atoms with E-state index >= 15 is 0 Å². The van der Waals surface area contributed by atoms with Gasteiger partial charge >= 0.3 is 0 Å². The van der Waals surface area contributed by atoms with Crippen molar-refractivity contribution < 1.29 is 9.15 Å². The molecule has 0 spiro atoms. The van der Waals surface area contributed by atoms with Crippen LogP contribution in [0.1, 0.15) is 30.6 Å². The fourth-order valence-corrected chi connectivity index (χ4v) is 2.68. The Hall–Kier alpha value is -1.59.